The molecule has 2 N–H and O–H groups in total. The predicted octanol–water partition coefficient (Wildman–Crippen LogP) is 2.52. The van der Waals surface area contributed by atoms with E-state index in [0.717, 1.165) is 25.7 Å². The van der Waals surface area contributed by atoms with Gasteiger partial charge in [0, 0.05) is 31.0 Å². The quantitative estimate of drug-likeness (QED) is 0.596. The van der Waals surface area contributed by atoms with Crippen LogP contribution in [0.1, 0.15) is 57.8 Å². The molecular formula is C17H29N3O. The van der Waals surface area contributed by atoms with Crippen molar-refractivity contribution in [1.82, 2.24) is 4.90 Å². The zero-order valence-electron chi connectivity index (χ0n) is 13.1. The Morgan fingerprint density at radius 2 is 1.76 bits per heavy atom. The van der Waals surface area contributed by atoms with Gasteiger partial charge in [0.05, 0.1) is 12.1 Å². The fourth-order valence-corrected chi connectivity index (χ4v) is 5.36. The van der Waals surface area contributed by atoms with Gasteiger partial charge in [-0.1, -0.05) is 25.7 Å². The molecular weight excluding hydrogens is 262 g/mol. The van der Waals surface area contributed by atoms with Crippen molar-refractivity contribution in [3.63, 3.8) is 0 Å². The number of rotatable bonds is 1. The van der Waals surface area contributed by atoms with E-state index in [2.05, 4.69) is 4.90 Å². The van der Waals surface area contributed by atoms with Crippen molar-refractivity contribution >= 4 is 5.96 Å². The Labute approximate surface area is 128 Å². The van der Waals surface area contributed by atoms with Crippen LogP contribution in [0.3, 0.4) is 0 Å². The van der Waals surface area contributed by atoms with E-state index < -0.39 is 0 Å². The van der Waals surface area contributed by atoms with Crippen LogP contribution in [0, 0.1) is 11.3 Å². The maximum Gasteiger partial charge on any atom is 0.191 e. The van der Waals surface area contributed by atoms with Crippen LogP contribution in [0.4, 0.5) is 0 Å². The number of nitrogens with two attached hydrogens (primary N) is 1. The normalized spacial score (nSPS) is 39.1. The highest BCUT2D eigenvalue weighted by Gasteiger charge is 2.65. The van der Waals surface area contributed by atoms with Crippen LogP contribution < -0.4 is 5.73 Å². The largest absolute Gasteiger partial charge is 0.377 e. The highest BCUT2D eigenvalue weighted by molar-refractivity contribution is 5.78. The van der Waals surface area contributed by atoms with Gasteiger partial charge in [-0.05, 0) is 32.1 Å². The van der Waals surface area contributed by atoms with Crippen molar-refractivity contribution < 1.29 is 4.74 Å². The number of aliphatic imine (C=N–C) groups is 1. The fourth-order valence-electron chi connectivity index (χ4n) is 5.36. The molecule has 3 unspecified atom stereocenters. The van der Waals surface area contributed by atoms with Gasteiger partial charge in [-0.3, -0.25) is 0 Å². The Balaban J connectivity index is 1.52. The highest BCUT2D eigenvalue weighted by Crippen LogP contribution is 2.62. The minimum absolute atomic E-state index is 0.345. The summed E-state index contributed by atoms with van der Waals surface area (Å²) in [6.45, 7) is 3.13. The third-order valence-corrected chi connectivity index (χ3v) is 6.43. The standard InChI is InChI=1S/C17H29N3O/c18-16(20-10-5-1-2-6-11-20)19-14-13-7-12-21-15(13)17(14)8-3-4-9-17/h13-15H,1-12H2,(H2,18,19). The van der Waals surface area contributed by atoms with E-state index in [1.54, 1.807) is 0 Å². The van der Waals surface area contributed by atoms with Crippen LogP contribution in [0.15, 0.2) is 4.99 Å². The van der Waals surface area contributed by atoms with E-state index in [-0.39, 0.29) is 0 Å². The molecule has 4 heteroatoms. The molecule has 0 amide bonds. The lowest BCUT2D eigenvalue weighted by atomic mass is 9.54. The maximum atomic E-state index is 6.40. The minimum Gasteiger partial charge on any atom is -0.377 e. The highest BCUT2D eigenvalue weighted by atomic mass is 16.5. The van der Waals surface area contributed by atoms with E-state index in [1.165, 1.54) is 57.8 Å². The summed E-state index contributed by atoms with van der Waals surface area (Å²) in [5.74, 6) is 1.46. The topological polar surface area (TPSA) is 50.9 Å². The van der Waals surface area contributed by atoms with Crippen molar-refractivity contribution in [3.05, 3.63) is 0 Å². The Hall–Kier alpha value is -0.770. The number of guanidine groups is 1. The van der Waals surface area contributed by atoms with Crippen molar-refractivity contribution in [2.45, 2.75) is 69.9 Å². The molecule has 2 heterocycles. The van der Waals surface area contributed by atoms with Crippen LogP contribution in [-0.2, 0) is 4.74 Å². The van der Waals surface area contributed by atoms with E-state index in [0.29, 0.717) is 23.5 Å². The average molecular weight is 291 g/mol. The average Bonchev–Trinajstić information content (AvgIpc) is 3.07. The Morgan fingerprint density at radius 3 is 2.48 bits per heavy atom. The monoisotopic (exact) mass is 291 g/mol. The van der Waals surface area contributed by atoms with Crippen molar-refractivity contribution in [1.29, 1.82) is 0 Å². The summed E-state index contributed by atoms with van der Waals surface area (Å²) in [6, 6.07) is 0.441. The van der Waals surface area contributed by atoms with Crippen LogP contribution >= 0.6 is 0 Å². The minimum atomic E-state index is 0.345. The summed E-state index contributed by atoms with van der Waals surface area (Å²) in [4.78, 5) is 7.40. The Bertz CT molecular complexity index is 408. The molecule has 4 rings (SSSR count). The lowest BCUT2D eigenvalue weighted by Crippen LogP contribution is -2.61. The first kappa shape index (κ1) is 13.9. The number of likely N-dealkylation sites (tertiary alicyclic amines) is 1. The molecule has 0 aromatic rings. The second-order valence-corrected chi connectivity index (χ2v) is 7.52. The lowest BCUT2D eigenvalue weighted by Gasteiger charge is -2.54. The van der Waals surface area contributed by atoms with Gasteiger partial charge in [-0.2, -0.15) is 0 Å². The molecule has 4 aliphatic rings. The van der Waals surface area contributed by atoms with Crippen molar-refractivity contribution in [3.8, 4) is 0 Å². The summed E-state index contributed by atoms with van der Waals surface area (Å²) >= 11 is 0. The van der Waals surface area contributed by atoms with Gasteiger partial charge in [0.2, 0.25) is 0 Å². The SMILES string of the molecule is NC(=NC1C2CCOC2C12CCCC2)N1CCCCCC1. The molecule has 0 aromatic heterocycles. The summed E-state index contributed by atoms with van der Waals surface area (Å²) < 4.78 is 6.04. The zero-order valence-corrected chi connectivity index (χ0v) is 13.1. The third kappa shape index (κ3) is 2.18. The number of fused-ring (bicyclic) bond motifs is 2. The van der Waals surface area contributed by atoms with E-state index in [9.17, 15) is 0 Å². The Kier molecular flexibility index (Phi) is 3.60. The molecule has 1 spiro atoms. The summed E-state index contributed by atoms with van der Waals surface area (Å²) in [5.41, 5.74) is 6.74. The molecule has 3 atom stereocenters. The number of ether oxygens (including phenoxy) is 1. The molecule has 2 aliphatic carbocycles. The lowest BCUT2D eigenvalue weighted by molar-refractivity contribution is -0.117. The predicted molar refractivity (Wildman–Crippen MR) is 84.2 cm³/mol. The molecule has 4 nitrogen and oxygen atoms in total. The Morgan fingerprint density at radius 1 is 1.05 bits per heavy atom. The van der Waals surface area contributed by atoms with Gasteiger partial charge in [-0.15, -0.1) is 0 Å². The first-order chi connectivity index (χ1) is 10.3. The van der Waals surface area contributed by atoms with E-state index in [1.807, 2.05) is 0 Å². The van der Waals surface area contributed by atoms with Crippen molar-refractivity contribution in [2.24, 2.45) is 22.1 Å². The van der Waals surface area contributed by atoms with Gasteiger partial charge in [0.25, 0.3) is 0 Å². The molecule has 118 valence electrons. The third-order valence-electron chi connectivity index (χ3n) is 6.43. The molecule has 21 heavy (non-hydrogen) atoms. The number of nitrogens with zero attached hydrogens (tertiary/aromatic N) is 2. The molecule has 2 saturated carbocycles. The molecule has 0 aromatic carbocycles. The summed E-state index contributed by atoms with van der Waals surface area (Å²) in [7, 11) is 0. The maximum absolute atomic E-state index is 6.40. The molecule has 4 fully saturated rings. The van der Waals surface area contributed by atoms with Gasteiger partial charge in [0.15, 0.2) is 5.96 Å². The van der Waals surface area contributed by atoms with Crippen LogP contribution in [0.25, 0.3) is 0 Å². The van der Waals surface area contributed by atoms with Gasteiger partial charge >= 0.3 is 0 Å². The molecule has 2 aliphatic heterocycles. The zero-order chi connectivity index (χ0) is 14.3. The van der Waals surface area contributed by atoms with Crippen LogP contribution in [-0.4, -0.2) is 42.7 Å². The number of hydrogen-bond acceptors (Lipinski definition) is 2. The van der Waals surface area contributed by atoms with E-state index in [4.69, 9.17) is 15.5 Å². The van der Waals surface area contributed by atoms with E-state index >= 15 is 0 Å². The molecule has 0 bridgehead atoms. The van der Waals surface area contributed by atoms with Gasteiger partial charge in [0.1, 0.15) is 0 Å². The first-order valence-corrected chi connectivity index (χ1v) is 9.01. The molecule has 0 radical (unpaired) electrons. The second kappa shape index (κ2) is 5.45. The molecule has 2 saturated heterocycles. The number of hydrogen-bond donors (Lipinski definition) is 1. The van der Waals surface area contributed by atoms with Crippen molar-refractivity contribution in [2.75, 3.05) is 19.7 Å². The second-order valence-electron chi connectivity index (χ2n) is 7.52. The summed E-state index contributed by atoms with van der Waals surface area (Å²) in [5, 5.41) is 0. The fraction of sp³-hybridized carbons (Fsp3) is 0.941. The van der Waals surface area contributed by atoms with Gasteiger partial charge in [-0.25, -0.2) is 4.99 Å². The smallest absolute Gasteiger partial charge is 0.191 e. The first-order valence-electron chi connectivity index (χ1n) is 9.01. The van der Waals surface area contributed by atoms with Crippen LogP contribution in [0.2, 0.25) is 0 Å². The van der Waals surface area contributed by atoms with Gasteiger partial charge < -0.3 is 15.4 Å². The summed E-state index contributed by atoms with van der Waals surface area (Å²) in [6.07, 6.45) is 12.2. The van der Waals surface area contributed by atoms with Crippen LogP contribution in [0.5, 0.6) is 0 Å².